The molecule has 1 aromatic heterocycles. The van der Waals surface area contributed by atoms with Gasteiger partial charge in [-0.15, -0.1) is 0 Å². The van der Waals surface area contributed by atoms with Crippen LogP contribution in [-0.4, -0.2) is 15.5 Å². The molecule has 116 valence electrons. The summed E-state index contributed by atoms with van der Waals surface area (Å²) in [6.45, 7) is 2.01. The molecule has 0 saturated heterocycles. The first-order chi connectivity index (χ1) is 11.1. The van der Waals surface area contributed by atoms with E-state index < -0.39 is 0 Å². The van der Waals surface area contributed by atoms with Crippen LogP contribution in [0.4, 0.5) is 10.1 Å². The molecule has 4 nitrogen and oxygen atoms in total. The first-order valence-corrected chi connectivity index (χ1v) is 7.25. The van der Waals surface area contributed by atoms with Gasteiger partial charge >= 0.3 is 0 Å². The third kappa shape index (κ3) is 3.63. The van der Waals surface area contributed by atoms with E-state index in [1.807, 2.05) is 41.1 Å². The van der Waals surface area contributed by atoms with Gasteiger partial charge in [0.2, 0.25) is 5.91 Å². The van der Waals surface area contributed by atoms with Crippen molar-refractivity contribution in [3.05, 3.63) is 72.3 Å². The Balaban J connectivity index is 1.84. The smallest absolute Gasteiger partial charge is 0.221 e. The minimum Gasteiger partial charge on any atom is -0.327 e. The van der Waals surface area contributed by atoms with Gasteiger partial charge in [-0.3, -0.25) is 4.79 Å². The van der Waals surface area contributed by atoms with E-state index in [0.29, 0.717) is 6.54 Å². The molecule has 0 fully saturated rings. The lowest BCUT2D eigenvalue weighted by Crippen LogP contribution is -2.05. The van der Waals surface area contributed by atoms with Crippen molar-refractivity contribution < 1.29 is 9.18 Å². The van der Waals surface area contributed by atoms with Crippen LogP contribution in [0.1, 0.15) is 12.5 Å². The fourth-order valence-corrected chi connectivity index (χ4v) is 2.44. The first-order valence-electron chi connectivity index (χ1n) is 7.25. The molecule has 0 spiro atoms. The van der Waals surface area contributed by atoms with Crippen molar-refractivity contribution >= 4 is 11.6 Å². The summed E-state index contributed by atoms with van der Waals surface area (Å²) >= 11 is 0. The highest BCUT2D eigenvalue weighted by molar-refractivity contribution is 5.88. The molecule has 0 bridgehead atoms. The Bertz CT molecular complexity index is 824. The number of halogens is 1. The van der Waals surface area contributed by atoms with Crippen LogP contribution in [0.15, 0.2) is 60.9 Å². The predicted octanol–water partition coefficient (Wildman–Crippen LogP) is 3.70. The van der Waals surface area contributed by atoms with Crippen molar-refractivity contribution in [3.63, 3.8) is 0 Å². The Labute approximate surface area is 133 Å². The summed E-state index contributed by atoms with van der Waals surface area (Å²) in [5, 5.41) is 2.73. The second-order valence-electron chi connectivity index (χ2n) is 5.27. The number of rotatable bonds is 4. The largest absolute Gasteiger partial charge is 0.327 e. The third-order valence-electron chi connectivity index (χ3n) is 3.42. The van der Waals surface area contributed by atoms with E-state index >= 15 is 0 Å². The number of imidazole rings is 1. The molecule has 0 aliphatic carbocycles. The van der Waals surface area contributed by atoms with E-state index in [1.54, 1.807) is 12.3 Å². The molecule has 5 heteroatoms. The van der Waals surface area contributed by atoms with Crippen LogP contribution >= 0.6 is 0 Å². The maximum atomic E-state index is 13.3. The minimum absolute atomic E-state index is 0.106. The molecule has 3 aromatic rings. The summed E-state index contributed by atoms with van der Waals surface area (Å²) in [7, 11) is 0. The van der Waals surface area contributed by atoms with Gasteiger partial charge in [0.25, 0.3) is 0 Å². The Morgan fingerprint density at radius 3 is 2.70 bits per heavy atom. The standard InChI is InChI=1S/C18H16FN3O/c1-13(23)21-17-7-5-15(6-8-17)18-20-9-10-22(18)12-14-3-2-4-16(19)11-14/h2-11H,12H2,1H3,(H,21,23). The molecule has 0 atom stereocenters. The lowest BCUT2D eigenvalue weighted by molar-refractivity contribution is -0.114. The molecule has 23 heavy (non-hydrogen) atoms. The maximum absolute atomic E-state index is 13.3. The number of aromatic nitrogens is 2. The van der Waals surface area contributed by atoms with Crippen molar-refractivity contribution in [2.24, 2.45) is 0 Å². The third-order valence-corrected chi connectivity index (χ3v) is 3.42. The molecular weight excluding hydrogens is 293 g/mol. The lowest BCUT2D eigenvalue weighted by Gasteiger charge is -2.09. The zero-order valence-electron chi connectivity index (χ0n) is 12.7. The predicted molar refractivity (Wildman–Crippen MR) is 87.5 cm³/mol. The molecule has 1 heterocycles. The SMILES string of the molecule is CC(=O)Nc1ccc(-c2nccn2Cc2cccc(F)c2)cc1. The number of carbonyl (C=O) groups excluding carboxylic acids is 1. The van der Waals surface area contributed by atoms with Gasteiger partial charge in [-0.25, -0.2) is 9.37 Å². The molecular formula is C18H16FN3O. The van der Waals surface area contributed by atoms with Crippen LogP contribution in [0.3, 0.4) is 0 Å². The van der Waals surface area contributed by atoms with Gasteiger partial charge in [0, 0.05) is 37.1 Å². The van der Waals surface area contributed by atoms with Gasteiger partial charge in [0.1, 0.15) is 11.6 Å². The molecule has 3 rings (SSSR count). The van der Waals surface area contributed by atoms with Crippen LogP contribution in [-0.2, 0) is 11.3 Å². The Morgan fingerprint density at radius 2 is 2.00 bits per heavy atom. The number of amides is 1. The number of carbonyl (C=O) groups is 1. The molecule has 0 unspecified atom stereocenters. The van der Waals surface area contributed by atoms with E-state index in [1.165, 1.54) is 19.1 Å². The molecule has 1 N–H and O–H groups in total. The number of hydrogen-bond donors (Lipinski definition) is 1. The Hall–Kier alpha value is -2.95. The summed E-state index contributed by atoms with van der Waals surface area (Å²) in [6.07, 6.45) is 3.58. The van der Waals surface area contributed by atoms with Crippen molar-refractivity contribution in [3.8, 4) is 11.4 Å². The molecule has 0 radical (unpaired) electrons. The van der Waals surface area contributed by atoms with Crippen molar-refractivity contribution in [1.82, 2.24) is 9.55 Å². The van der Waals surface area contributed by atoms with Crippen LogP contribution in [0.25, 0.3) is 11.4 Å². The van der Waals surface area contributed by atoms with E-state index in [-0.39, 0.29) is 11.7 Å². The Kier molecular flexibility index (Phi) is 4.19. The van der Waals surface area contributed by atoms with E-state index in [9.17, 15) is 9.18 Å². The highest BCUT2D eigenvalue weighted by atomic mass is 19.1. The summed E-state index contributed by atoms with van der Waals surface area (Å²) in [5.74, 6) is 0.442. The molecule has 1 amide bonds. The summed E-state index contributed by atoms with van der Waals surface area (Å²) in [5.41, 5.74) is 2.55. The van der Waals surface area contributed by atoms with Crippen LogP contribution < -0.4 is 5.32 Å². The maximum Gasteiger partial charge on any atom is 0.221 e. The quantitative estimate of drug-likeness (QED) is 0.799. The number of benzene rings is 2. The van der Waals surface area contributed by atoms with Crippen LogP contribution in [0.2, 0.25) is 0 Å². The van der Waals surface area contributed by atoms with Gasteiger partial charge < -0.3 is 9.88 Å². The van der Waals surface area contributed by atoms with Gasteiger partial charge in [-0.2, -0.15) is 0 Å². The second-order valence-corrected chi connectivity index (χ2v) is 5.27. The van der Waals surface area contributed by atoms with Gasteiger partial charge in [-0.1, -0.05) is 12.1 Å². The number of hydrogen-bond acceptors (Lipinski definition) is 2. The lowest BCUT2D eigenvalue weighted by atomic mass is 10.1. The van der Waals surface area contributed by atoms with Crippen LogP contribution in [0.5, 0.6) is 0 Å². The van der Waals surface area contributed by atoms with Crippen molar-refractivity contribution in [2.75, 3.05) is 5.32 Å². The number of nitrogens with one attached hydrogen (secondary N) is 1. The zero-order chi connectivity index (χ0) is 16.2. The average Bonchev–Trinajstić information content (AvgIpc) is 2.95. The molecule has 0 saturated carbocycles. The fourth-order valence-electron chi connectivity index (χ4n) is 2.44. The van der Waals surface area contributed by atoms with Crippen LogP contribution in [0, 0.1) is 5.82 Å². The highest BCUT2D eigenvalue weighted by Crippen LogP contribution is 2.21. The van der Waals surface area contributed by atoms with E-state index in [4.69, 9.17) is 0 Å². The number of anilines is 1. The summed E-state index contributed by atoms with van der Waals surface area (Å²) < 4.78 is 15.3. The number of nitrogens with zero attached hydrogens (tertiary/aromatic N) is 2. The highest BCUT2D eigenvalue weighted by Gasteiger charge is 2.07. The Morgan fingerprint density at radius 1 is 1.22 bits per heavy atom. The molecule has 0 aliphatic rings. The summed E-state index contributed by atoms with van der Waals surface area (Å²) in [4.78, 5) is 15.4. The van der Waals surface area contributed by atoms with E-state index in [0.717, 1.165) is 22.6 Å². The van der Waals surface area contributed by atoms with E-state index in [2.05, 4.69) is 10.3 Å². The molecule has 2 aromatic carbocycles. The van der Waals surface area contributed by atoms with Crippen molar-refractivity contribution in [2.45, 2.75) is 13.5 Å². The topological polar surface area (TPSA) is 46.9 Å². The average molecular weight is 309 g/mol. The minimum atomic E-state index is -0.246. The summed E-state index contributed by atoms with van der Waals surface area (Å²) in [6, 6.07) is 14.0. The first kappa shape index (κ1) is 15.0. The van der Waals surface area contributed by atoms with Gasteiger partial charge in [0.15, 0.2) is 0 Å². The van der Waals surface area contributed by atoms with Gasteiger partial charge in [-0.05, 0) is 42.0 Å². The zero-order valence-corrected chi connectivity index (χ0v) is 12.7. The monoisotopic (exact) mass is 309 g/mol. The molecule has 0 aliphatic heterocycles. The second kappa shape index (κ2) is 6.44. The van der Waals surface area contributed by atoms with Gasteiger partial charge in [0.05, 0.1) is 0 Å². The van der Waals surface area contributed by atoms with Crippen molar-refractivity contribution in [1.29, 1.82) is 0 Å². The normalized spacial score (nSPS) is 10.5. The fraction of sp³-hybridized carbons (Fsp3) is 0.111.